The van der Waals surface area contributed by atoms with Gasteiger partial charge in [-0.05, 0) is 63.6 Å². The van der Waals surface area contributed by atoms with Crippen molar-refractivity contribution >= 4 is 5.91 Å². The fourth-order valence-corrected chi connectivity index (χ4v) is 5.72. The Morgan fingerprint density at radius 2 is 2.03 bits per heavy atom. The first-order valence-corrected chi connectivity index (χ1v) is 12.7. The number of fused-ring (bicyclic) bond motifs is 2. The maximum Gasteiger partial charge on any atom is 0.221 e. The van der Waals surface area contributed by atoms with Crippen molar-refractivity contribution in [2.24, 2.45) is 5.92 Å². The zero-order valence-electron chi connectivity index (χ0n) is 19.4. The van der Waals surface area contributed by atoms with Crippen LogP contribution >= 0.6 is 0 Å². The van der Waals surface area contributed by atoms with E-state index in [1.807, 2.05) is 0 Å². The second-order valence-electron chi connectivity index (χ2n) is 9.78. The average molecular weight is 428 g/mol. The molecule has 2 fully saturated rings. The highest BCUT2D eigenvalue weighted by Gasteiger charge is 2.33. The number of unbranched alkanes of at least 4 members (excludes halogenated alkanes) is 1. The van der Waals surface area contributed by atoms with Crippen molar-refractivity contribution in [3.8, 4) is 5.75 Å². The summed E-state index contributed by atoms with van der Waals surface area (Å²) < 4.78 is 6.33. The molecule has 1 amide bonds. The van der Waals surface area contributed by atoms with E-state index in [4.69, 9.17) is 4.74 Å². The molecule has 0 bridgehead atoms. The summed E-state index contributed by atoms with van der Waals surface area (Å²) in [6, 6.07) is 9.07. The van der Waals surface area contributed by atoms with E-state index in [-0.39, 0.29) is 12.0 Å². The van der Waals surface area contributed by atoms with E-state index in [0.717, 1.165) is 38.3 Å². The number of carbonyl (C=O) groups excluding carboxylic acids is 1. The molecule has 2 saturated heterocycles. The van der Waals surface area contributed by atoms with Gasteiger partial charge < -0.3 is 15.0 Å². The molecule has 3 aliphatic heterocycles. The zero-order valence-corrected chi connectivity index (χ0v) is 19.4. The first-order chi connectivity index (χ1) is 15.2. The Kier molecular flexibility index (Phi) is 8.26. The molecule has 5 nitrogen and oxygen atoms in total. The molecule has 0 radical (unpaired) electrons. The molecule has 1 aromatic rings. The summed E-state index contributed by atoms with van der Waals surface area (Å²) in [6.45, 7) is 8.16. The van der Waals surface area contributed by atoms with Gasteiger partial charge >= 0.3 is 0 Å². The van der Waals surface area contributed by atoms with Crippen molar-refractivity contribution < 1.29 is 9.53 Å². The highest BCUT2D eigenvalue weighted by molar-refractivity contribution is 5.76. The molecule has 0 saturated carbocycles. The monoisotopic (exact) mass is 427 g/mol. The quantitative estimate of drug-likeness (QED) is 0.675. The molecule has 5 heteroatoms. The Labute approximate surface area is 188 Å². The molecular formula is C26H41N3O2. The fourth-order valence-electron chi connectivity index (χ4n) is 5.72. The number of para-hydroxylation sites is 1. The van der Waals surface area contributed by atoms with Crippen LogP contribution in [0, 0.1) is 5.92 Å². The Morgan fingerprint density at radius 1 is 1.16 bits per heavy atom. The van der Waals surface area contributed by atoms with Crippen LogP contribution in [-0.2, 0) is 11.3 Å². The molecule has 1 N–H and O–H groups in total. The van der Waals surface area contributed by atoms with Gasteiger partial charge in [0.2, 0.25) is 5.91 Å². The molecule has 0 aromatic heterocycles. The van der Waals surface area contributed by atoms with Gasteiger partial charge in [-0.1, -0.05) is 38.0 Å². The number of hydrogen-bond donors (Lipinski definition) is 1. The van der Waals surface area contributed by atoms with Crippen molar-refractivity contribution in [3.05, 3.63) is 29.8 Å². The van der Waals surface area contributed by atoms with Crippen LogP contribution in [0.25, 0.3) is 0 Å². The third-order valence-electron chi connectivity index (χ3n) is 7.45. The lowest BCUT2D eigenvalue weighted by Crippen LogP contribution is -2.51. The Morgan fingerprint density at radius 3 is 2.94 bits per heavy atom. The number of amides is 1. The van der Waals surface area contributed by atoms with Crippen LogP contribution in [0.4, 0.5) is 0 Å². The van der Waals surface area contributed by atoms with Crippen LogP contribution in [0.3, 0.4) is 0 Å². The van der Waals surface area contributed by atoms with Gasteiger partial charge in [-0.25, -0.2) is 0 Å². The molecule has 31 heavy (non-hydrogen) atoms. The van der Waals surface area contributed by atoms with Gasteiger partial charge in [-0.15, -0.1) is 0 Å². The van der Waals surface area contributed by atoms with Crippen molar-refractivity contribution in [3.63, 3.8) is 0 Å². The van der Waals surface area contributed by atoms with Crippen LogP contribution in [0.1, 0.15) is 70.3 Å². The van der Waals surface area contributed by atoms with Crippen LogP contribution < -0.4 is 10.1 Å². The van der Waals surface area contributed by atoms with E-state index in [9.17, 15) is 4.79 Å². The molecule has 3 aliphatic rings. The molecule has 172 valence electrons. The highest BCUT2D eigenvalue weighted by atomic mass is 16.5. The minimum absolute atomic E-state index is 0.205. The smallest absolute Gasteiger partial charge is 0.221 e. The van der Waals surface area contributed by atoms with Crippen LogP contribution in [-0.4, -0.2) is 60.6 Å². The number of piperidine rings is 2. The van der Waals surface area contributed by atoms with Gasteiger partial charge in [0.05, 0.1) is 0 Å². The maximum absolute atomic E-state index is 12.7. The van der Waals surface area contributed by atoms with Gasteiger partial charge in [0.1, 0.15) is 11.9 Å². The van der Waals surface area contributed by atoms with Gasteiger partial charge in [0.25, 0.3) is 0 Å². The Hall–Kier alpha value is -1.59. The molecule has 3 atom stereocenters. The molecule has 0 unspecified atom stereocenters. The van der Waals surface area contributed by atoms with E-state index in [0.29, 0.717) is 18.4 Å². The lowest BCUT2D eigenvalue weighted by Gasteiger charge is -2.44. The lowest BCUT2D eigenvalue weighted by molar-refractivity contribution is -0.122. The first-order valence-electron chi connectivity index (χ1n) is 12.7. The summed E-state index contributed by atoms with van der Waals surface area (Å²) in [7, 11) is 0. The van der Waals surface area contributed by atoms with E-state index in [2.05, 4.69) is 46.3 Å². The van der Waals surface area contributed by atoms with E-state index in [1.54, 1.807) is 0 Å². The minimum atomic E-state index is 0.205. The number of nitrogens with zero attached hydrogens (tertiary/aromatic N) is 2. The maximum atomic E-state index is 12.7. The predicted octanol–water partition coefficient (Wildman–Crippen LogP) is 4.21. The summed E-state index contributed by atoms with van der Waals surface area (Å²) in [6.07, 6.45) is 10.8. The number of ether oxygens (including phenoxy) is 1. The van der Waals surface area contributed by atoms with Gasteiger partial charge in [0.15, 0.2) is 0 Å². The van der Waals surface area contributed by atoms with Crippen molar-refractivity contribution in [2.45, 2.75) is 83.4 Å². The number of benzene rings is 1. The summed E-state index contributed by atoms with van der Waals surface area (Å²) >= 11 is 0. The normalized spacial score (nSPS) is 26.9. The summed E-state index contributed by atoms with van der Waals surface area (Å²) in [4.78, 5) is 17.8. The highest BCUT2D eigenvalue weighted by Crippen LogP contribution is 2.30. The minimum Gasteiger partial charge on any atom is -0.489 e. The van der Waals surface area contributed by atoms with Crippen molar-refractivity contribution in [1.29, 1.82) is 0 Å². The standard InChI is InChI=1S/C26H41N3O2/c1-2-3-11-23-20-28(19-22-9-4-5-13-25(22)31-23)17-14-26(30)27-18-21-10-8-16-29-15-7-6-12-24(21)29/h4-5,9,13,21,23-24H,2-3,6-8,10-12,14-20H2,1H3,(H,27,30)/t21-,23-,24+/m0/s1. The SMILES string of the molecule is CCCC[C@H]1CN(CCC(=O)NC[C@@H]2CCCN3CCCC[C@H]23)Cc2ccccc2O1. The molecular weight excluding hydrogens is 386 g/mol. The van der Waals surface area contributed by atoms with Gasteiger partial charge in [-0.3, -0.25) is 9.69 Å². The third-order valence-corrected chi connectivity index (χ3v) is 7.45. The van der Waals surface area contributed by atoms with E-state index < -0.39 is 0 Å². The second kappa shape index (κ2) is 11.3. The van der Waals surface area contributed by atoms with E-state index >= 15 is 0 Å². The largest absolute Gasteiger partial charge is 0.489 e. The predicted molar refractivity (Wildman–Crippen MR) is 125 cm³/mol. The van der Waals surface area contributed by atoms with Crippen LogP contribution in [0.15, 0.2) is 24.3 Å². The molecule has 0 spiro atoms. The average Bonchev–Trinajstić information content (AvgIpc) is 2.98. The van der Waals surface area contributed by atoms with Gasteiger partial charge in [0, 0.05) is 44.2 Å². The summed E-state index contributed by atoms with van der Waals surface area (Å²) in [5.74, 6) is 1.86. The van der Waals surface area contributed by atoms with Crippen molar-refractivity contribution in [1.82, 2.24) is 15.1 Å². The molecule has 0 aliphatic carbocycles. The number of rotatable bonds is 8. The Bertz CT molecular complexity index is 708. The zero-order chi connectivity index (χ0) is 21.5. The lowest BCUT2D eigenvalue weighted by atomic mass is 9.83. The topological polar surface area (TPSA) is 44.8 Å². The number of carbonyl (C=O) groups is 1. The second-order valence-corrected chi connectivity index (χ2v) is 9.78. The van der Waals surface area contributed by atoms with Gasteiger partial charge in [-0.2, -0.15) is 0 Å². The number of hydrogen-bond acceptors (Lipinski definition) is 4. The molecule has 3 heterocycles. The Balaban J connectivity index is 1.26. The molecule has 1 aromatic carbocycles. The van der Waals surface area contributed by atoms with E-state index in [1.165, 1.54) is 63.6 Å². The summed E-state index contributed by atoms with van der Waals surface area (Å²) in [5, 5.41) is 3.28. The third kappa shape index (κ3) is 6.23. The van der Waals surface area contributed by atoms with Crippen molar-refractivity contribution in [2.75, 3.05) is 32.7 Å². The van der Waals surface area contributed by atoms with Crippen LogP contribution in [0.2, 0.25) is 0 Å². The van der Waals surface area contributed by atoms with Crippen LogP contribution in [0.5, 0.6) is 5.75 Å². The first kappa shape index (κ1) is 22.6. The molecule has 4 rings (SSSR count). The fraction of sp³-hybridized carbons (Fsp3) is 0.731. The summed E-state index contributed by atoms with van der Waals surface area (Å²) in [5.41, 5.74) is 1.24. The number of nitrogens with one attached hydrogen (secondary N) is 1.